The SMILES string of the molecule is Cc1cccc(N2CCN(C(=O)CSc3nc4ncc(Cl)cc4[nH]3)CC2)c1C. The number of H-pyrrole nitrogens is 1. The van der Waals surface area contributed by atoms with E-state index in [-0.39, 0.29) is 5.91 Å². The zero-order valence-electron chi connectivity index (χ0n) is 15.9. The van der Waals surface area contributed by atoms with Crippen molar-refractivity contribution in [2.45, 2.75) is 19.0 Å². The normalized spacial score (nSPS) is 14.7. The number of hydrogen-bond acceptors (Lipinski definition) is 5. The van der Waals surface area contributed by atoms with Crippen molar-refractivity contribution in [1.82, 2.24) is 19.9 Å². The standard InChI is InChI=1S/C20H22ClN5OS/c1-13-4-3-5-17(14(13)2)25-6-8-26(9-7-25)18(27)12-28-20-23-16-10-15(21)11-22-19(16)24-20/h3-5,10-11H,6-9,12H2,1-2H3,(H,22,23,24). The summed E-state index contributed by atoms with van der Waals surface area (Å²) in [4.78, 5) is 28.7. The number of pyridine rings is 1. The lowest BCUT2D eigenvalue weighted by Crippen LogP contribution is -2.49. The summed E-state index contributed by atoms with van der Waals surface area (Å²) >= 11 is 7.35. The highest BCUT2D eigenvalue weighted by molar-refractivity contribution is 7.99. The molecule has 0 saturated carbocycles. The third-order valence-electron chi connectivity index (χ3n) is 5.16. The fourth-order valence-electron chi connectivity index (χ4n) is 3.42. The monoisotopic (exact) mass is 415 g/mol. The molecule has 28 heavy (non-hydrogen) atoms. The zero-order chi connectivity index (χ0) is 19.7. The van der Waals surface area contributed by atoms with Gasteiger partial charge in [0.25, 0.3) is 0 Å². The molecule has 6 nitrogen and oxygen atoms in total. The highest BCUT2D eigenvalue weighted by Gasteiger charge is 2.22. The Morgan fingerprint density at radius 2 is 2.04 bits per heavy atom. The number of amides is 1. The highest BCUT2D eigenvalue weighted by atomic mass is 35.5. The van der Waals surface area contributed by atoms with Crippen LogP contribution in [0.3, 0.4) is 0 Å². The van der Waals surface area contributed by atoms with Gasteiger partial charge in [-0.05, 0) is 37.1 Å². The lowest BCUT2D eigenvalue weighted by atomic mass is 10.1. The molecule has 1 aliphatic rings. The van der Waals surface area contributed by atoms with Gasteiger partial charge in [-0.2, -0.15) is 0 Å². The average Bonchev–Trinajstić information content (AvgIpc) is 3.10. The second-order valence-corrected chi connectivity index (χ2v) is 8.34. The number of thioether (sulfide) groups is 1. The Morgan fingerprint density at radius 3 is 2.82 bits per heavy atom. The molecular weight excluding hydrogens is 394 g/mol. The van der Waals surface area contributed by atoms with Crippen LogP contribution in [0.5, 0.6) is 0 Å². The molecule has 0 atom stereocenters. The predicted molar refractivity (Wildman–Crippen MR) is 114 cm³/mol. The third-order valence-corrected chi connectivity index (χ3v) is 6.23. The number of piperazine rings is 1. The Balaban J connectivity index is 1.33. The quantitative estimate of drug-likeness (QED) is 0.658. The van der Waals surface area contributed by atoms with E-state index in [4.69, 9.17) is 11.6 Å². The van der Waals surface area contributed by atoms with E-state index in [1.165, 1.54) is 28.6 Å². The number of anilines is 1. The number of imidazole rings is 1. The first-order valence-corrected chi connectivity index (χ1v) is 10.6. The summed E-state index contributed by atoms with van der Waals surface area (Å²) in [5.41, 5.74) is 5.28. The molecule has 4 rings (SSSR count). The molecule has 1 amide bonds. The third kappa shape index (κ3) is 3.95. The zero-order valence-corrected chi connectivity index (χ0v) is 17.5. The number of nitrogens with one attached hydrogen (secondary N) is 1. The molecule has 1 aliphatic heterocycles. The van der Waals surface area contributed by atoms with Gasteiger partial charge in [0.2, 0.25) is 5.91 Å². The minimum Gasteiger partial charge on any atom is -0.368 e. The summed E-state index contributed by atoms with van der Waals surface area (Å²) < 4.78 is 0. The molecule has 1 aromatic carbocycles. The maximum Gasteiger partial charge on any atom is 0.233 e. The van der Waals surface area contributed by atoms with Crippen LogP contribution in [0, 0.1) is 13.8 Å². The van der Waals surface area contributed by atoms with Crippen molar-refractivity contribution >= 4 is 46.1 Å². The van der Waals surface area contributed by atoms with Crippen molar-refractivity contribution in [3.05, 3.63) is 46.6 Å². The first-order chi connectivity index (χ1) is 13.5. The summed E-state index contributed by atoms with van der Waals surface area (Å²) in [6, 6.07) is 8.19. The largest absolute Gasteiger partial charge is 0.368 e. The molecule has 8 heteroatoms. The second kappa shape index (κ2) is 8.01. The Bertz CT molecular complexity index is 1010. The van der Waals surface area contributed by atoms with E-state index in [0.29, 0.717) is 21.6 Å². The molecule has 0 spiro atoms. The maximum absolute atomic E-state index is 12.6. The molecule has 2 aromatic heterocycles. The van der Waals surface area contributed by atoms with Crippen molar-refractivity contribution in [1.29, 1.82) is 0 Å². The van der Waals surface area contributed by atoms with Gasteiger partial charge >= 0.3 is 0 Å². The highest BCUT2D eigenvalue weighted by Crippen LogP contribution is 2.25. The smallest absolute Gasteiger partial charge is 0.233 e. The van der Waals surface area contributed by atoms with Gasteiger partial charge in [-0.15, -0.1) is 0 Å². The van der Waals surface area contributed by atoms with Crippen LogP contribution in [0.25, 0.3) is 11.2 Å². The number of carbonyl (C=O) groups excluding carboxylic acids is 1. The number of aryl methyl sites for hydroxylation is 1. The van der Waals surface area contributed by atoms with E-state index in [1.807, 2.05) is 4.90 Å². The molecule has 1 fully saturated rings. The molecule has 3 heterocycles. The molecule has 0 radical (unpaired) electrons. The van der Waals surface area contributed by atoms with Gasteiger partial charge < -0.3 is 14.8 Å². The number of carbonyl (C=O) groups is 1. The van der Waals surface area contributed by atoms with Crippen molar-refractivity contribution in [2.75, 3.05) is 36.8 Å². The van der Waals surface area contributed by atoms with Crippen LogP contribution in [0.1, 0.15) is 11.1 Å². The number of halogens is 1. The summed E-state index contributed by atoms with van der Waals surface area (Å²) in [5, 5.41) is 1.25. The topological polar surface area (TPSA) is 65.1 Å². The molecule has 0 bridgehead atoms. The maximum atomic E-state index is 12.6. The Kier molecular flexibility index (Phi) is 5.46. The molecule has 0 unspecified atom stereocenters. The second-order valence-electron chi connectivity index (χ2n) is 6.94. The van der Waals surface area contributed by atoms with E-state index in [1.54, 1.807) is 12.3 Å². The molecule has 1 saturated heterocycles. The van der Waals surface area contributed by atoms with E-state index in [0.717, 1.165) is 31.7 Å². The van der Waals surface area contributed by atoms with E-state index >= 15 is 0 Å². The summed E-state index contributed by atoms with van der Waals surface area (Å²) in [6.45, 7) is 7.49. The summed E-state index contributed by atoms with van der Waals surface area (Å²) in [7, 11) is 0. The van der Waals surface area contributed by atoms with Crippen molar-refractivity contribution in [3.63, 3.8) is 0 Å². The average molecular weight is 416 g/mol. The van der Waals surface area contributed by atoms with Crippen LogP contribution in [-0.4, -0.2) is 57.7 Å². The molecular formula is C20H22ClN5OS. The fourth-order valence-corrected chi connectivity index (χ4v) is 4.35. The van der Waals surface area contributed by atoms with Crippen molar-refractivity contribution in [2.24, 2.45) is 0 Å². The number of aromatic nitrogens is 3. The summed E-state index contributed by atoms with van der Waals surface area (Å²) in [5.74, 6) is 0.494. The molecule has 0 aliphatic carbocycles. The van der Waals surface area contributed by atoms with Gasteiger partial charge in [-0.25, -0.2) is 9.97 Å². The number of aromatic amines is 1. The number of fused-ring (bicyclic) bond motifs is 1. The number of nitrogens with zero attached hydrogens (tertiary/aromatic N) is 4. The lowest BCUT2D eigenvalue weighted by Gasteiger charge is -2.37. The first kappa shape index (κ1) is 19.1. The van der Waals surface area contributed by atoms with Gasteiger partial charge in [-0.3, -0.25) is 4.79 Å². The van der Waals surface area contributed by atoms with Gasteiger partial charge in [0.15, 0.2) is 10.8 Å². The van der Waals surface area contributed by atoms with E-state index < -0.39 is 0 Å². The van der Waals surface area contributed by atoms with Crippen LogP contribution in [0.4, 0.5) is 5.69 Å². The van der Waals surface area contributed by atoms with Crippen LogP contribution in [-0.2, 0) is 4.79 Å². The fraction of sp³-hybridized carbons (Fsp3) is 0.350. The Morgan fingerprint density at radius 1 is 1.25 bits per heavy atom. The van der Waals surface area contributed by atoms with Crippen LogP contribution in [0.2, 0.25) is 5.02 Å². The van der Waals surface area contributed by atoms with Gasteiger partial charge in [-0.1, -0.05) is 35.5 Å². The Labute approximate surface area is 173 Å². The lowest BCUT2D eigenvalue weighted by molar-refractivity contribution is -0.128. The number of benzene rings is 1. The first-order valence-electron chi connectivity index (χ1n) is 9.24. The van der Waals surface area contributed by atoms with Gasteiger partial charge in [0.1, 0.15) is 0 Å². The molecule has 3 aromatic rings. The van der Waals surface area contributed by atoms with Crippen LogP contribution in [0.15, 0.2) is 35.6 Å². The van der Waals surface area contributed by atoms with Crippen molar-refractivity contribution in [3.8, 4) is 0 Å². The predicted octanol–water partition coefficient (Wildman–Crippen LogP) is 3.67. The van der Waals surface area contributed by atoms with Crippen molar-refractivity contribution < 1.29 is 4.79 Å². The number of rotatable bonds is 4. The summed E-state index contributed by atoms with van der Waals surface area (Å²) in [6.07, 6.45) is 1.57. The molecule has 146 valence electrons. The minimum absolute atomic E-state index is 0.136. The minimum atomic E-state index is 0.136. The van der Waals surface area contributed by atoms with E-state index in [9.17, 15) is 4.79 Å². The number of hydrogen-bond donors (Lipinski definition) is 1. The van der Waals surface area contributed by atoms with E-state index in [2.05, 4.69) is 51.9 Å². The van der Waals surface area contributed by atoms with Gasteiger partial charge in [0, 0.05) is 38.1 Å². The van der Waals surface area contributed by atoms with Crippen LogP contribution < -0.4 is 4.90 Å². The Hall–Kier alpha value is -2.25. The molecule has 1 N–H and O–H groups in total. The van der Waals surface area contributed by atoms with Gasteiger partial charge in [0.05, 0.1) is 16.3 Å². The van der Waals surface area contributed by atoms with Crippen LogP contribution >= 0.6 is 23.4 Å².